The summed E-state index contributed by atoms with van der Waals surface area (Å²) in [6.07, 6.45) is 8.01. The normalized spacial score (nSPS) is 17.9. The van der Waals surface area contributed by atoms with Crippen LogP contribution in [0.2, 0.25) is 5.02 Å². The van der Waals surface area contributed by atoms with E-state index in [1.54, 1.807) is 11.3 Å². The predicted molar refractivity (Wildman–Crippen MR) is 90.5 cm³/mol. The number of halogens is 1. The molecule has 1 aliphatic rings. The molecule has 1 aromatic carbocycles. The third kappa shape index (κ3) is 3.58. The van der Waals surface area contributed by atoms with Crippen molar-refractivity contribution >= 4 is 28.6 Å². The van der Waals surface area contributed by atoms with Crippen molar-refractivity contribution in [3.8, 4) is 0 Å². The molecular formula is C17H21ClN2S. The van der Waals surface area contributed by atoms with E-state index in [1.807, 2.05) is 24.3 Å². The number of benzene rings is 1. The van der Waals surface area contributed by atoms with Gasteiger partial charge in [0.1, 0.15) is 0 Å². The zero-order valence-corrected chi connectivity index (χ0v) is 14.0. The Morgan fingerprint density at radius 2 is 1.76 bits per heavy atom. The zero-order valence-electron chi connectivity index (χ0n) is 12.4. The molecule has 0 atom stereocenters. The van der Waals surface area contributed by atoms with Crippen LogP contribution in [-0.4, -0.2) is 4.57 Å². The van der Waals surface area contributed by atoms with Crippen LogP contribution >= 0.6 is 22.9 Å². The molecule has 2 aromatic rings. The lowest BCUT2D eigenvalue weighted by atomic mass is 10.1. The molecule has 0 N–H and O–H groups in total. The van der Waals surface area contributed by atoms with E-state index in [0.29, 0.717) is 6.04 Å². The predicted octanol–water partition coefficient (Wildman–Crippen LogP) is 5.64. The standard InChI is InChI=1S/C17H21ClN2S/c1-13-12-21-17(19-15-10-8-14(18)9-11-15)20(13)16-6-4-2-3-5-7-16/h8-12,16H,2-7H2,1H3. The number of hydrogen-bond donors (Lipinski definition) is 0. The third-order valence-corrected chi connectivity index (χ3v) is 5.37. The number of aromatic nitrogens is 1. The van der Waals surface area contributed by atoms with Crippen LogP contribution in [0.25, 0.3) is 0 Å². The molecule has 0 radical (unpaired) electrons. The van der Waals surface area contributed by atoms with Gasteiger partial charge >= 0.3 is 0 Å². The fourth-order valence-electron chi connectivity index (χ4n) is 3.07. The van der Waals surface area contributed by atoms with Gasteiger partial charge in [0.25, 0.3) is 0 Å². The Labute approximate surface area is 135 Å². The SMILES string of the molecule is Cc1csc(=Nc2ccc(Cl)cc2)n1C1CCCCCC1. The first-order valence-electron chi connectivity index (χ1n) is 7.71. The molecule has 1 saturated carbocycles. The van der Waals surface area contributed by atoms with Crippen molar-refractivity contribution in [2.75, 3.05) is 0 Å². The van der Waals surface area contributed by atoms with Gasteiger partial charge in [-0.3, -0.25) is 0 Å². The highest BCUT2D eigenvalue weighted by molar-refractivity contribution is 7.07. The maximum absolute atomic E-state index is 5.95. The van der Waals surface area contributed by atoms with Gasteiger partial charge in [-0.15, -0.1) is 11.3 Å². The van der Waals surface area contributed by atoms with Crippen LogP contribution in [0.1, 0.15) is 50.3 Å². The van der Waals surface area contributed by atoms with E-state index in [9.17, 15) is 0 Å². The monoisotopic (exact) mass is 320 g/mol. The van der Waals surface area contributed by atoms with E-state index in [-0.39, 0.29) is 0 Å². The molecule has 0 saturated heterocycles. The first-order valence-corrected chi connectivity index (χ1v) is 8.97. The Hall–Kier alpha value is -1.06. The van der Waals surface area contributed by atoms with Crippen LogP contribution in [0.4, 0.5) is 5.69 Å². The van der Waals surface area contributed by atoms with Gasteiger partial charge in [-0.25, -0.2) is 4.99 Å². The summed E-state index contributed by atoms with van der Waals surface area (Å²) in [5, 5.41) is 2.98. The molecule has 0 aliphatic heterocycles. The highest BCUT2D eigenvalue weighted by Crippen LogP contribution is 2.28. The molecule has 3 rings (SSSR count). The second-order valence-corrected chi connectivity index (χ2v) is 7.04. The molecule has 1 heterocycles. The summed E-state index contributed by atoms with van der Waals surface area (Å²) in [5.41, 5.74) is 2.31. The summed E-state index contributed by atoms with van der Waals surface area (Å²) < 4.78 is 2.45. The number of rotatable bonds is 2. The fraction of sp³-hybridized carbons (Fsp3) is 0.471. The van der Waals surface area contributed by atoms with Crippen LogP contribution in [0.5, 0.6) is 0 Å². The van der Waals surface area contributed by atoms with Crippen LogP contribution < -0.4 is 4.80 Å². The van der Waals surface area contributed by atoms with Crippen LogP contribution in [-0.2, 0) is 0 Å². The number of thiazole rings is 1. The van der Waals surface area contributed by atoms with Crippen molar-refractivity contribution in [2.24, 2.45) is 4.99 Å². The van der Waals surface area contributed by atoms with E-state index in [1.165, 1.54) is 44.2 Å². The largest absolute Gasteiger partial charge is 0.318 e. The second kappa shape index (κ2) is 6.80. The molecule has 1 aromatic heterocycles. The van der Waals surface area contributed by atoms with Crippen LogP contribution in [0.3, 0.4) is 0 Å². The Balaban J connectivity index is 1.97. The maximum Gasteiger partial charge on any atom is 0.190 e. The molecule has 0 amide bonds. The van der Waals surface area contributed by atoms with E-state index < -0.39 is 0 Å². The second-order valence-electron chi connectivity index (χ2n) is 5.76. The van der Waals surface area contributed by atoms with Crippen LogP contribution in [0, 0.1) is 6.92 Å². The van der Waals surface area contributed by atoms with Gasteiger partial charge in [0.15, 0.2) is 4.80 Å². The Morgan fingerprint density at radius 3 is 2.43 bits per heavy atom. The van der Waals surface area contributed by atoms with Crippen molar-refractivity contribution in [1.29, 1.82) is 0 Å². The molecule has 0 unspecified atom stereocenters. The van der Waals surface area contributed by atoms with Crippen molar-refractivity contribution in [2.45, 2.75) is 51.5 Å². The van der Waals surface area contributed by atoms with E-state index in [0.717, 1.165) is 15.5 Å². The topological polar surface area (TPSA) is 17.3 Å². The molecule has 4 heteroatoms. The van der Waals surface area contributed by atoms with Gasteiger partial charge in [-0.1, -0.05) is 37.3 Å². The van der Waals surface area contributed by atoms with E-state index in [2.05, 4.69) is 16.9 Å². The lowest BCUT2D eigenvalue weighted by Crippen LogP contribution is -2.21. The summed E-state index contributed by atoms with van der Waals surface area (Å²) >= 11 is 7.68. The summed E-state index contributed by atoms with van der Waals surface area (Å²) in [6, 6.07) is 8.38. The third-order valence-electron chi connectivity index (χ3n) is 4.16. The number of aryl methyl sites for hydroxylation is 1. The van der Waals surface area contributed by atoms with Crippen LogP contribution in [0.15, 0.2) is 34.6 Å². The highest BCUT2D eigenvalue weighted by atomic mass is 35.5. The van der Waals surface area contributed by atoms with Crippen molar-refractivity contribution in [3.05, 3.63) is 45.2 Å². The van der Waals surface area contributed by atoms with Gasteiger partial charge < -0.3 is 4.57 Å². The number of nitrogens with zero attached hydrogens (tertiary/aromatic N) is 2. The minimum absolute atomic E-state index is 0.616. The Morgan fingerprint density at radius 1 is 1.10 bits per heavy atom. The first-order chi connectivity index (χ1) is 10.2. The van der Waals surface area contributed by atoms with E-state index >= 15 is 0 Å². The average molecular weight is 321 g/mol. The Bertz CT molecular complexity index is 646. The lowest BCUT2D eigenvalue weighted by molar-refractivity contribution is 0.428. The molecule has 0 bridgehead atoms. The summed E-state index contributed by atoms with van der Waals surface area (Å²) in [6.45, 7) is 2.20. The average Bonchev–Trinajstić information content (AvgIpc) is 2.69. The Kier molecular flexibility index (Phi) is 4.81. The molecule has 1 aliphatic carbocycles. The smallest absolute Gasteiger partial charge is 0.190 e. The minimum Gasteiger partial charge on any atom is -0.318 e. The quantitative estimate of drug-likeness (QED) is 0.637. The molecule has 112 valence electrons. The number of hydrogen-bond acceptors (Lipinski definition) is 2. The lowest BCUT2D eigenvalue weighted by Gasteiger charge is -2.18. The zero-order chi connectivity index (χ0) is 14.7. The summed E-state index contributed by atoms with van der Waals surface area (Å²) in [4.78, 5) is 5.94. The maximum atomic E-state index is 5.95. The van der Waals surface area contributed by atoms with Crippen molar-refractivity contribution in [3.63, 3.8) is 0 Å². The molecule has 21 heavy (non-hydrogen) atoms. The van der Waals surface area contributed by atoms with Gasteiger partial charge in [-0.05, 0) is 44.0 Å². The van der Waals surface area contributed by atoms with Crippen molar-refractivity contribution < 1.29 is 0 Å². The molecule has 1 fully saturated rings. The fourth-order valence-corrected chi connectivity index (χ4v) is 4.15. The summed E-state index contributed by atoms with van der Waals surface area (Å²) in [7, 11) is 0. The summed E-state index contributed by atoms with van der Waals surface area (Å²) in [5.74, 6) is 0. The van der Waals surface area contributed by atoms with E-state index in [4.69, 9.17) is 16.6 Å². The van der Waals surface area contributed by atoms with Gasteiger partial charge in [0.2, 0.25) is 0 Å². The molecular weight excluding hydrogens is 300 g/mol. The highest BCUT2D eigenvalue weighted by Gasteiger charge is 2.16. The minimum atomic E-state index is 0.616. The molecule has 0 spiro atoms. The van der Waals surface area contributed by atoms with Crippen molar-refractivity contribution in [1.82, 2.24) is 4.57 Å². The van der Waals surface area contributed by atoms with Gasteiger partial charge in [0, 0.05) is 22.1 Å². The van der Waals surface area contributed by atoms with Gasteiger partial charge in [-0.2, -0.15) is 0 Å². The molecule has 2 nitrogen and oxygen atoms in total. The van der Waals surface area contributed by atoms with Gasteiger partial charge in [0.05, 0.1) is 5.69 Å². The first kappa shape index (κ1) is 14.9.